The molecule has 0 aromatic heterocycles. The maximum atomic E-state index is 12.5. The molecule has 1 aliphatic heterocycles. The summed E-state index contributed by atoms with van der Waals surface area (Å²) in [4.78, 5) is 23.8. The molecule has 9 heteroatoms. The molecule has 1 saturated heterocycles. The van der Waals surface area contributed by atoms with E-state index in [1.807, 2.05) is 0 Å². The van der Waals surface area contributed by atoms with Crippen molar-refractivity contribution in [2.45, 2.75) is 49.6 Å². The highest BCUT2D eigenvalue weighted by molar-refractivity contribution is 7.89. The number of hydrogen-bond acceptors (Lipinski definition) is 5. The number of rotatable bonds is 7. The smallest absolute Gasteiger partial charge is 0.305 e. The quantitative estimate of drug-likeness (QED) is 0.648. The van der Waals surface area contributed by atoms with E-state index in [0.717, 1.165) is 0 Å². The van der Waals surface area contributed by atoms with Crippen molar-refractivity contribution in [2.24, 2.45) is 0 Å². The first kappa shape index (κ1) is 20.3. The molecule has 144 valence electrons. The fourth-order valence-electron chi connectivity index (χ4n) is 2.87. The summed E-state index contributed by atoms with van der Waals surface area (Å²) >= 11 is 0. The summed E-state index contributed by atoms with van der Waals surface area (Å²) < 4.78 is 32.0. The maximum Gasteiger partial charge on any atom is 0.305 e. The number of carbonyl (C=O) groups is 2. The van der Waals surface area contributed by atoms with Crippen LogP contribution in [-0.4, -0.2) is 50.2 Å². The minimum atomic E-state index is -3.63. The number of amides is 1. The zero-order valence-corrected chi connectivity index (χ0v) is 15.6. The predicted molar refractivity (Wildman–Crippen MR) is 94.4 cm³/mol. The molecule has 0 saturated carbocycles. The summed E-state index contributed by atoms with van der Waals surface area (Å²) in [6.45, 7) is 4.20. The van der Waals surface area contributed by atoms with Crippen molar-refractivity contribution in [3.05, 3.63) is 29.8 Å². The second-order valence-electron chi connectivity index (χ2n) is 6.72. The highest BCUT2D eigenvalue weighted by Gasteiger charge is 2.36. The number of aliphatic carboxylic acids is 1. The number of sulfonamides is 1. The zero-order valence-electron chi connectivity index (χ0n) is 14.8. The van der Waals surface area contributed by atoms with Crippen molar-refractivity contribution in [3.63, 3.8) is 0 Å². The SMILES string of the molecule is CC(C)NS(=O)(=O)c1ccc(C(=O)NC2(CC(=O)O)CCOCC2)cc1. The van der Waals surface area contributed by atoms with Crippen LogP contribution in [0.2, 0.25) is 0 Å². The molecular weight excluding hydrogens is 360 g/mol. The molecule has 26 heavy (non-hydrogen) atoms. The summed E-state index contributed by atoms with van der Waals surface area (Å²) in [5.41, 5.74) is -0.588. The highest BCUT2D eigenvalue weighted by atomic mass is 32.2. The first-order valence-electron chi connectivity index (χ1n) is 8.38. The number of ether oxygens (including phenoxy) is 1. The van der Waals surface area contributed by atoms with E-state index in [4.69, 9.17) is 9.84 Å². The molecule has 0 aliphatic carbocycles. The van der Waals surface area contributed by atoms with Gasteiger partial charge in [-0.25, -0.2) is 13.1 Å². The Kier molecular flexibility index (Phi) is 6.38. The third-order valence-electron chi connectivity index (χ3n) is 4.14. The first-order chi connectivity index (χ1) is 12.1. The van der Waals surface area contributed by atoms with Crippen molar-refractivity contribution in [1.82, 2.24) is 10.0 Å². The van der Waals surface area contributed by atoms with Gasteiger partial charge in [0.05, 0.1) is 16.9 Å². The molecule has 0 bridgehead atoms. The Morgan fingerprint density at radius 2 is 1.77 bits per heavy atom. The second kappa shape index (κ2) is 8.15. The van der Waals surface area contributed by atoms with Gasteiger partial charge in [0.2, 0.25) is 10.0 Å². The number of benzene rings is 1. The van der Waals surface area contributed by atoms with Crippen molar-refractivity contribution in [2.75, 3.05) is 13.2 Å². The van der Waals surface area contributed by atoms with Gasteiger partial charge in [-0.2, -0.15) is 0 Å². The molecule has 1 amide bonds. The minimum absolute atomic E-state index is 0.0639. The Bertz CT molecular complexity index is 752. The van der Waals surface area contributed by atoms with E-state index in [-0.39, 0.29) is 22.9 Å². The van der Waals surface area contributed by atoms with Crippen LogP contribution < -0.4 is 10.0 Å². The Balaban J connectivity index is 2.15. The lowest BCUT2D eigenvalue weighted by molar-refractivity contribution is -0.139. The monoisotopic (exact) mass is 384 g/mol. The Morgan fingerprint density at radius 1 is 1.19 bits per heavy atom. The van der Waals surface area contributed by atoms with Crippen LogP contribution in [-0.2, 0) is 19.6 Å². The normalized spacial score (nSPS) is 17.0. The van der Waals surface area contributed by atoms with Gasteiger partial charge >= 0.3 is 5.97 Å². The third kappa shape index (κ3) is 5.26. The summed E-state index contributed by atoms with van der Waals surface area (Å²) in [6, 6.07) is 5.30. The Morgan fingerprint density at radius 3 is 2.27 bits per heavy atom. The molecule has 0 unspecified atom stereocenters. The largest absolute Gasteiger partial charge is 0.481 e. The highest BCUT2D eigenvalue weighted by Crippen LogP contribution is 2.25. The molecule has 1 aromatic rings. The molecule has 1 aromatic carbocycles. The van der Waals surface area contributed by atoms with Crippen molar-refractivity contribution in [3.8, 4) is 0 Å². The number of carboxylic acids is 1. The Labute approximate surface area is 153 Å². The number of nitrogens with one attached hydrogen (secondary N) is 2. The van der Waals surface area contributed by atoms with Gasteiger partial charge in [-0.05, 0) is 51.0 Å². The number of carbonyl (C=O) groups excluding carboxylic acids is 1. The second-order valence-corrected chi connectivity index (χ2v) is 8.43. The van der Waals surface area contributed by atoms with Crippen LogP contribution in [0.3, 0.4) is 0 Å². The molecule has 1 heterocycles. The van der Waals surface area contributed by atoms with Crippen LogP contribution in [0.5, 0.6) is 0 Å². The van der Waals surface area contributed by atoms with Gasteiger partial charge in [0, 0.05) is 24.8 Å². The van der Waals surface area contributed by atoms with Gasteiger partial charge in [-0.15, -0.1) is 0 Å². The lowest BCUT2D eigenvalue weighted by atomic mass is 9.86. The predicted octanol–water partition coefficient (Wildman–Crippen LogP) is 1.13. The van der Waals surface area contributed by atoms with Gasteiger partial charge in [0.15, 0.2) is 0 Å². The number of carboxylic acid groups (broad SMARTS) is 1. The molecular formula is C17H24N2O6S. The first-order valence-corrected chi connectivity index (χ1v) is 9.86. The average Bonchev–Trinajstić information content (AvgIpc) is 2.53. The van der Waals surface area contributed by atoms with Crippen LogP contribution in [0.4, 0.5) is 0 Å². The summed E-state index contributed by atoms with van der Waals surface area (Å²) in [6.07, 6.45) is 0.637. The van der Waals surface area contributed by atoms with Gasteiger partial charge in [-0.3, -0.25) is 9.59 Å². The van der Waals surface area contributed by atoms with Crippen molar-refractivity contribution in [1.29, 1.82) is 0 Å². The average molecular weight is 384 g/mol. The van der Waals surface area contributed by atoms with Crippen LogP contribution in [0.25, 0.3) is 0 Å². The third-order valence-corrected chi connectivity index (χ3v) is 5.81. The van der Waals surface area contributed by atoms with Crippen LogP contribution in [0, 0.1) is 0 Å². The molecule has 2 rings (SSSR count). The summed E-state index contributed by atoms with van der Waals surface area (Å²) in [7, 11) is -3.63. The summed E-state index contributed by atoms with van der Waals surface area (Å²) in [5, 5.41) is 12.0. The fraction of sp³-hybridized carbons (Fsp3) is 0.529. The van der Waals surface area contributed by atoms with Gasteiger partial charge in [-0.1, -0.05) is 0 Å². The van der Waals surface area contributed by atoms with E-state index in [1.165, 1.54) is 24.3 Å². The van der Waals surface area contributed by atoms with Gasteiger partial charge < -0.3 is 15.2 Å². The maximum absolute atomic E-state index is 12.5. The topological polar surface area (TPSA) is 122 Å². The van der Waals surface area contributed by atoms with E-state index in [1.54, 1.807) is 13.8 Å². The molecule has 8 nitrogen and oxygen atoms in total. The van der Waals surface area contributed by atoms with Gasteiger partial charge in [0.25, 0.3) is 5.91 Å². The molecule has 1 fully saturated rings. The van der Waals surface area contributed by atoms with Crippen LogP contribution >= 0.6 is 0 Å². The van der Waals surface area contributed by atoms with E-state index in [0.29, 0.717) is 26.1 Å². The van der Waals surface area contributed by atoms with E-state index in [9.17, 15) is 18.0 Å². The zero-order chi connectivity index (χ0) is 19.4. The lowest BCUT2D eigenvalue weighted by Crippen LogP contribution is -2.53. The summed E-state index contributed by atoms with van der Waals surface area (Å²) in [5.74, 6) is -1.43. The van der Waals surface area contributed by atoms with Crippen LogP contribution in [0.15, 0.2) is 29.2 Å². The molecule has 0 atom stereocenters. The van der Waals surface area contributed by atoms with E-state index >= 15 is 0 Å². The molecule has 1 aliphatic rings. The molecule has 0 spiro atoms. The van der Waals surface area contributed by atoms with E-state index in [2.05, 4.69) is 10.0 Å². The lowest BCUT2D eigenvalue weighted by Gasteiger charge is -2.36. The van der Waals surface area contributed by atoms with Crippen molar-refractivity contribution < 1.29 is 27.9 Å². The van der Waals surface area contributed by atoms with E-state index < -0.39 is 27.4 Å². The fourth-order valence-corrected chi connectivity index (χ4v) is 4.13. The minimum Gasteiger partial charge on any atom is -0.481 e. The molecule has 0 radical (unpaired) electrons. The van der Waals surface area contributed by atoms with Crippen molar-refractivity contribution >= 4 is 21.9 Å². The molecule has 3 N–H and O–H groups in total. The van der Waals surface area contributed by atoms with Gasteiger partial charge in [0.1, 0.15) is 0 Å². The number of hydrogen-bond donors (Lipinski definition) is 3. The Hall–Kier alpha value is -1.97. The van der Waals surface area contributed by atoms with Crippen LogP contribution in [0.1, 0.15) is 43.5 Å². The standard InChI is InChI=1S/C17H24N2O6S/c1-12(2)19-26(23,24)14-5-3-13(4-6-14)16(22)18-17(11-15(20)21)7-9-25-10-8-17/h3-6,12,19H,7-11H2,1-2H3,(H,18,22)(H,20,21).